The summed E-state index contributed by atoms with van der Waals surface area (Å²) < 4.78 is 26.5. The van der Waals surface area contributed by atoms with Crippen molar-refractivity contribution in [2.45, 2.75) is 13.0 Å². The SMILES string of the molecule is Nc1ccc2c(c1)CCN2Cc1ccc(F)cc1F. The molecule has 1 aliphatic rings. The average molecular weight is 260 g/mol. The molecule has 0 radical (unpaired) electrons. The van der Waals surface area contributed by atoms with Gasteiger partial charge >= 0.3 is 0 Å². The minimum atomic E-state index is -0.546. The Morgan fingerprint density at radius 3 is 2.74 bits per heavy atom. The monoisotopic (exact) mass is 260 g/mol. The first-order valence-corrected chi connectivity index (χ1v) is 6.21. The van der Waals surface area contributed by atoms with Crippen LogP contribution in [-0.2, 0) is 13.0 Å². The van der Waals surface area contributed by atoms with Crippen molar-refractivity contribution in [1.82, 2.24) is 0 Å². The van der Waals surface area contributed by atoms with Gasteiger partial charge in [0.1, 0.15) is 11.6 Å². The highest BCUT2D eigenvalue weighted by molar-refractivity contribution is 5.63. The molecule has 0 saturated heterocycles. The number of benzene rings is 2. The largest absolute Gasteiger partial charge is 0.399 e. The highest BCUT2D eigenvalue weighted by atomic mass is 19.1. The van der Waals surface area contributed by atoms with Crippen molar-refractivity contribution in [1.29, 1.82) is 0 Å². The van der Waals surface area contributed by atoms with Gasteiger partial charge in [-0.3, -0.25) is 0 Å². The van der Waals surface area contributed by atoms with E-state index in [-0.39, 0.29) is 0 Å². The molecule has 0 fully saturated rings. The summed E-state index contributed by atoms with van der Waals surface area (Å²) in [6, 6.07) is 9.47. The molecule has 0 atom stereocenters. The maximum atomic E-state index is 13.7. The zero-order valence-electron chi connectivity index (χ0n) is 10.4. The van der Waals surface area contributed by atoms with Crippen LogP contribution in [0.2, 0.25) is 0 Å². The lowest BCUT2D eigenvalue weighted by Gasteiger charge is -2.20. The topological polar surface area (TPSA) is 29.3 Å². The molecule has 2 aromatic rings. The first-order valence-electron chi connectivity index (χ1n) is 6.21. The number of rotatable bonds is 2. The Labute approximate surface area is 110 Å². The molecule has 0 spiro atoms. The van der Waals surface area contributed by atoms with E-state index in [1.807, 2.05) is 18.2 Å². The summed E-state index contributed by atoms with van der Waals surface area (Å²) in [5, 5.41) is 0. The van der Waals surface area contributed by atoms with Crippen molar-refractivity contribution in [3.05, 3.63) is 59.2 Å². The third kappa shape index (κ3) is 2.26. The number of nitrogens with zero attached hydrogens (tertiary/aromatic N) is 1. The van der Waals surface area contributed by atoms with Crippen LogP contribution in [-0.4, -0.2) is 6.54 Å². The van der Waals surface area contributed by atoms with Gasteiger partial charge in [-0.15, -0.1) is 0 Å². The van der Waals surface area contributed by atoms with Crippen LogP contribution in [0.25, 0.3) is 0 Å². The van der Waals surface area contributed by atoms with Crippen molar-refractivity contribution < 1.29 is 8.78 Å². The number of nitrogens with two attached hydrogens (primary N) is 1. The normalized spacial score (nSPS) is 13.7. The van der Waals surface area contributed by atoms with E-state index in [9.17, 15) is 8.78 Å². The van der Waals surface area contributed by atoms with Crippen LogP contribution in [0.15, 0.2) is 36.4 Å². The summed E-state index contributed by atoms with van der Waals surface area (Å²) >= 11 is 0. The van der Waals surface area contributed by atoms with Crippen LogP contribution in [0.1, 0.15) is 11.1 Å². The third-order valence-corrected chi connectivity index (χ3v) is 3.47. The van der Waals surface area contributed by atoms with Gasteiger partial charge in [-0.1, -0.05) is 6.07 Å². The van der Waals surface area contributed by atoms with Crippen molar-refractivity contribution >= 4 is 11.4 Å². The highest BCUT2D eigenvalue weighted by Gasteiger charge is 2.20. The Morgan fingerprint density at radius 2 is 1.95 bits per heavy atom. The molecule has 2 nitrogen and oxygen atoms in total. The van der Waals surface area contributed by atoms with Crippen molar-refractivity contribution in [2.75, 3.05) is 17.2 Å². The van der Waals surface area contributed by atoms with E-state index < -0.39 is 11.6 Å². The second-order valence-electron chi connectivity index (χ2n) is 4.80. The predicted octanol–water partition coefficient (Wildman–Crippen LogP) is 3.11. The molecule has 2 N–H and O–H groups in total. The van der Waals surface area contributed by atoms with E-state index in [0.717, 1.165) is 30.4 Å². The molecule has 19 heavy (non-hydrogen) atoms. The van der Waals surface area contributed by atoms with Crippen LogP contribution < -0.4 is 10.6 Å². The molecule has 98 valence electrons. The van der Waals surface area contributed by atoms with Crippen molar-refractivity contribution in [3.63, 3.8) is 0 Å². The van der Waals surface area contributed by atoms with E-state index in [1.54, 1.807) is 0 Å². The molecular weight excluding hydrogens is 246 g/mol. The zero-order valence-corrected chi connectivity index (χ0v) is 10.4. The number of hydrogen-bond donors (Lipinski definition) is 1. The van der Waals surface area contributed by atoms with Gasteiger partial charge in [0, 0.05) is 36.1 Å². The Morgan fingerprint density at radius 1 is 1.11 bits per heavy atom. The van der Waals surface area contributed by atoms with Crippen LogP contribution >= 0.6 is 0 Å². The Balaban J connectivity index is 1.86. The maximum absolute atomic E-state index is 13.7. The summed E-state index contributed by atoms with van der Waals surface area (Å²) in [6.45, 7) is 1.28. The lowest BCUT2D eigenvalue weighted by molar-refractivity contribution is 0.570. The molecule has 0 aliphatic carbocycles. The number of fused-ring (bicyclic) bond motifs is 1. The first kappa shape index (κ1) is 12.0. The Bertz CT molecular complexity index is 626. The van der Waals surface area contributed by atoms with Gasteiger partial charge in [-0.05, 0) is 36.2 Å². The van der Waals surface area contributed by atoms with Crippen LogP contribution in [0.4, 0.5) is 20.2 Å². The van der Waals surface area contributed by atoms with E-state index >= 15 is 0 Å². The average Bonchev–Trinajstić information content (AvgIpc) is 2.75. The minimum absolute atomic E-state index is 0.447. The van der Waals surface area contributed by atoms with Crippen LogP contribution in [0.5, 0.6) is 0 Å². The van der Waals surface area contributed by atoms with E-state index in [4.69, 9.17) is 5.73 Å². The summed E-state index contributed by atoms with van der Waals surface area (Å²) in [7, 11) is 0. The van der Waals surface area contributed by atoms with Crippen LogP contribution in [0, 0.1) is 11.6 Å². The van der Waals surface area contributed by atoms with E-state index in [0.29, 0.717) is 12.1 Å². The summed E-state index contributed by atoms with van der Waals surface area (Å²) in [4.78, 5) is 2.09. The van der Waals surface area contributed by atoms with Gasteiger partial charge in [0.2, 0.25) is 0 Å². The molecule has 4 heteroatoms. The quantitative estimate of drug-likeness (QED) is 0.841. The molecule has 0 aromatic heterocycles. The molecule has 1 aliphatic heterocycles. The van der Waals surface area contributed by atoms with Gasteiger partial charge in [0.15, 0.2) is 0 Å². The smallest absolute Gasteiger partial charge is 0.131 e. The fourth-order valence-electron chi connectivity index (χ4n) is 2.51. The van der Waals surface area contributed by atoms with Crippen LogP contribution in [0.3, 0.4) is 0 Å². The zero-order chi connectivity index (χ0) is 13.4. The second-order valence-corrected chi connectivity index (χ2v) is 4.80. The Kier molecular flexibility index (Phi) is 2.85. The number of halogens is 2. The van der Waals surface area contributed by atoms with Crippen molar-refractivity contribution in [2.24, 2.45) is 0 Å². The molecule has 0 amide bonds. The fraction of sp³-hybridized carbons (Fsp3) is 0.200. The standard InChI is InChI=1S/C15H14F2N2/c16-12-2-1-11(14(17)8-12)9-19-6-5-10-7-13(18)3-4-15(10)19/h1-4,7-8H,5-6,9,18H2. The van der Waals surface area contributed by atoms with E-state index in [2.05, 4.69) is 4.90 Å². The van der Waals surface area contributed by atoms with Crippen molar-refractivity contribution in [3.8, 4) is 0 Å². The predicted molar refractivity (Wildman–Crippen MR) is 72.0 cm³/mol. The molecular formula is C15H14F2N2. The number of hydrogen-bond acceptors (Lipinski definition) is 2. The number of anilines is 2. The fourth-order valence-corrected chi connectivity index (χ4v) is 2.51. The molecule has 0 unspecified atom stereocenters. The lowest BCUT2D eigenvalue weighted by Crippen LogP contribution is -2.20. The van der Waals surface area contributed by atoms with Gasteiger partial charge in [-0.25, -0.2) is 8.78 Å². The minimum Gasteiger partial charge on any atom is -0.399 e. The summed E-state index contributed by atoms with van der Waals surface area (Å²) in [6.07, 6.45) is 0.906. The molecule has 0 bridgehead atoms. The maximum Gasteiger partial charge on any atom is 0.131 e. The highest BCUT2D eigenvalue weighted by Crippen LogP contribution is 2.31. The number of nitrogen functional groups attached to an aromatic ring is 1. The molecule has 3 rings (SSSR count). The molecule has 0 saturated carbocycles. The summed E-state index contributed by atoms with van der Waals surface area (Å²) in [5.74, 6) is -1.04. The van der Waals surface area contributed by atoms with E-state index in [1.165, 1.54) is 17.7 Å². The molecule has 2 aromatic carbocycles. The van der Waals surface area contributed by atoms with Gasteiger partial charge in [0.25, 0.3) is 0 Å². The second kappa shape index (κ2) is 4.53. The van der Waals surface area contributed by atoms with Gasteiger partial charge < -0.3 is 10.6 Å². The van der Waals surface area contributed by atoms with Gasteiger partial charge in [-0.2, -0.15) is 0 Å². The Hall–Kier alpha value is -2.10. The van der Waals surface area contributed by atoms with Gasteiger partial charge in [0.05, 0.1) is 0 Å². The first-order chi connectivity index (χ1) is 9.13. The lowest BCUT2D eigenvalue weighted by atomic mass is 10.1. The molecule has 1 heterocycles. The summed E-state index contributed by atoms with van der Waals surface area (Å²) in [5.41, 5.74) is 9.26. The third-order valence-electron chi connectivity index (χ3n) is 3.47.